The van der Waals surface area contributed by atoms with Gasteiger partial charge in [-0.2, -0.15) is 0 Å². The summed E-state index contributed by atoms with van der Waals surface area (Å²) in [5.41, 5.74) is -0.0741. The Balaban J connectivity index is 3.00. The van der Waals surface area contributed by atoms with E-state index in [4.69, 9.17) is 5.11 Å². The molecule has 1 aromatic carbocycles. The third-order valence-electron chi connectivity index (χ3n) is 1.39. The summed E-state index contributed by atoms with van der Waals surface area (Å²) in [6.45, 7) is 0. The molecule has 0 aliphatic heterocycles. The topological polar surface area (TPSA) is 60.4 Å². The van der Waals surface area contributed by atoms with Crippen LogP contribution in [0.15, 0.2) is 18.2 Å². The number of carboxylic acids is 1. The smallest absolute Gasteiger partial charge is 0.168 e. The van der Waals surface area contributed by atoms with E-state index in [2.05, 4.69) is 0 Å². The third-order valence-corrected chi connectivity index (χ3v) is 1.39. The Bertz CT molecular complexity index is 309. The normalized spacial score (nSPS) is 9.75. The van der Waals surface area contributed by atoms with Gasteiger partial charge in [-0.15, -0.1) is 0 Å². The van der Waals surface area contributed by atoms with Gasteiger partial charge in [0.2, 0.25) is 0 Å². The zero-order valence-electron chi connectivity index (χ0n) is 6.08. The summed E-state index contributed by atoms with van der Waals surface area (Å²) in [5.74, 6) is -2.82. The molecule has 0 saturated heterocycles. The molecule has 0 unspecified atom stereocenters. The van der Waals surface area contributed by atoms with Crippen LogP contribution in [-0.2, 0) is 11.2 Å². The van der Waals surface area contributed by atoms with Crippen molar-refractivity contribution in [1.82, 2.24) is 0 Å². The quantitative estimate of drug-likeness (QED) is 0.668. The van der Waals surface area contributed by atoms with Crippen molar-refractivity contribution in [3.05, 3.63) is 29.6 Å². The number of carbonyl (C=O) groups excluding carboxylic acids is 1. The molecule has 0 radical (unpaired) electrons. The number of hydrogen-bond donors (Lipinski definition) is 1. The standard InChI is InChI=1S/C8H7FO3/c9-8-5(4-7(11)12)2-1-3-6(8)10/h1-3,10H,4H2,(H,11,12)/p-1. The molecule has 64 valence electrons. The summed E-state index contributed by atoms with van der Waals surface area (Å²) in [4.78, 5) is 10.1. The van der Waals surface area contributed by atoms with Gasteiger partial charge in [-0.25, -0.2) is 4.39 Å². The van der Waals surface area contributed by atoms with Gasteiger partial charge in [0.25, 0.3) is 0 Å². The van der Waals surface area contributed by atoms with Crippen LogP contribution in [0.2, 0.25) is 0 Å². The molecule has 0 spiro atoms. The number of aromatic hydroxyl groups is 1. The largest absolute Gasteiger partial charge is 0.550 e. The molecule has 12 heavy (non-hydrogen) atoms. The monoisotopic (exact) mass is 169 g/mol. The fourth-order valence-electron chi connectivity index (χ4n) is 0.858. The minimum Gasteiger partial charge on any atom is -0.550 e. The van der Waals surface area contributed by atoms with Crippen LogP contribution in [0.1, 0.15) is 5.56 Å². The number of halogens is 1. The molecule has 0 bridgehead atoms. The van der Waals surface area contributed by atoms with Crippen molar-refractivity contribution in [2.24, 2.45) is 0 Å². The number of carbonyl (C=O) groups is 1. The Morgan fingerprint density at radius 1 is 1.58 bits per heavy atom. The van der Waals surface area contributed by atoms with E-state index in [-0.39, 0.29) is 5.56 Å². The lowest BCUT2D eigenvalue weighted by Crippen LogP contribution is -2.24. The maximum absolute atomic E-state index is 12.8. The van der Waals surface area contributed by atoms with Gasteiger partial charge in [0.1, 0.15) is 0 Å². The number of hydrogen-bond acceptors (Lipinski definition) is 3. The summed E-state index contributed by atoms with van der Waals surface area (Å²) in [7, 11) is 0. The summed E-state index contributed by atoms with van der Waals surface area (Å²) < 4.78 is 12.8. The molecular formula is C8H6FO3-. The van der Waals surface area contributed by atoms with Gasteiger partial charge in [0, 0.05) is 12.4 Å². The Hall–Kier alpha value is -1.58. The fraction of sp³-hybridized carbons (Fsp3) is 0.125. The van der Waals surface area contributed by atoms with Crippen molar-refractivity contribution in [1.29, 1.82) is 0 Å². The minimum atomic E-state index is -1.38. The molecule has 4 heteroatoms. The van der Waals surface area contributed by atoms with Crippen LogP contribution in [0.5, 0.6) is 5.75 Å². The molecule has 0 aliphatic rings. The first-order chi connectivity index (χ1) is 5.61. The predicted molar refractivity (Wildman–Crippen MR) is 36.8 cm³/mol. The zero-order chi connectivity index (χ0) is 9.14. The number of benzene rings is 1. The summed E-state index contributed by atoms with van der Waals surface area (Å²) in [6.07, 6.45) is -0.528. The number of carboxylic acid groups (broad SMARTS) is 1. The van der Waals surface area contributed by atoms with Crippen LogP contribution < -0.4 is 5.11 Å². The van der Waals surface area contributed by atoms with Crippen molar-refractivity contribution in [2.75, 3.05) is 0 Å². The Labute approximate surface area is 68.1 Å². The molecule has 0 fully saturated rings. The van der Waals surface area contributed by atoms with Crippen molar-refractivity contribution in [2.45, 2.75) is 6.42 Å². The van der Waals surface area contributed by atoms with Crippen molar-refractivity contribution in [3.8, 4) is 5.75 Å². The van der Waals surface area contributed by atoms with Crippen molar-refractivity contribution >= 4 is 5.97 Å². The van der Waals surface area contributed by atoms with Gasteiger partial charge < -0.3 is 15.0 Å². The van der Waals surface area contributed by atoms with E-state index >= 15 is 0 Å². The van der Waals surface area contributed by atoms with E-state index in [9.17, 15) is 14.3 Å². The van der Waals surface area contributed by atoms with E-state index in [1.807, 2.05) is 0 Å². The summed E-state index contributed by atoms with van der Waals surface area (Å²) in [6, 6.07) is 3.80. The lowest BCUT2D eigenvalue weighted by molar-refractivity contribution is -0.304. The van der Waals surface area contributed by atoms with E-state index in [1.165, 1.54) is 12.1 Å². The highest BCUT2D eigenvalue weighted by Gasteiger charge is 2.05. The summed E-state index contributed by atoms with van der Waals surface area (Å²) >= 11 is 0. The lowest BCUT2D eigenvalue weighted by Gasteiger charge is -2.04. The van der Waals surface area contributed by atoms with Crippen LogP contribution in [0.25, 0.3) is 0 Å². The maximum Gasteiger partial charge on any atom is 0.168 e. The van der Waals surface area contributed by atoms with Gasteiger partial charge in [-0.05, 0) is 11.6 Å². The first kappa shape index (κ1) is 8.52. The lowest BCUT2D eigenvalue weighted by atomic mass is 10.1. The summed E-state index contributed by atoms with van der Waals surface area (Å²) in [5, 5.41) is 18.9. The number of phenols is 1. The highest BCUT2D eigenvalue weighted by Crippen LogP contribution is 2.18. The molecule has 1 N–H and O–H groups in total. The van der Waals surface area contributed by atoms with E-state index < -0.39 is 24.0 Å². The van der Waals surface area contributed by atoms with Gasteiger partial charge >= 0.3 is 0 Å². The molecule has 0 aliphatic carbocycles. The molecule has 0 heterocycles. The Kier molecular flexibility index (Phi) is 2.28. The molecule has 0 saturated carbocycles. The molecule has 0 aromatic heterocycles. The molecule has 0 amide bonds. The van der Waals surface area contributed by atoms with Gasteiger partial charge in [-0.1, -0.05) is 12.1 Å². The number of rotatable bonds is 2. The highest BCUT2D eigenvalue weighted by atomic mass is 19.1. The van der Waals surface area contributed by atoms with Crippen LogP contribution >= 0.6 is 0 Å². The highest BCUT2D eigenvalue weighted by molar-refractivity contribution is 5.68. The van der Waals surface area contributed by atoms with Gasteiger partial charge in [0.05, 0.1) is 0 Å². The SMILES string of the molecule is O=C([O-])Cc1cccc(O)c1F. The maximum atomic E-state index is 12.8. The van der Waals surface area contributed by atoms with Crippen LogP contribution in [0.3, 0.4) is 0 Å². The van der Waals surface area contributed by atoms with Crippen LogP contribution in [0, 0.1) is 5.82 Å². The Morgan fingerprint density at radius 2 is 2.25 bits per heavy atom. The number of aliphatic carboxylic acids is 1. The number of phenolic OH excluding ortho intramolecular Hbond substituents is 1. The Morgan fingerprint density at radius 3 is 2.83 bits per heavy atom. The molecule has 3 nitrogen and oxygen atoms in total. The van der Waals surface area contributed by atoms with E-state index in [0.717, 1.165) is 6.07 Å². The second-order valence-electron chi connectivity index (χ2n) is 2.30. The second-order valence-corrected chi connectivity index (χ2v) is 2.30. The molecule has 1 aromatic rings. The van der Waals surface area contributed by atoms with Crippen molar-refractivity contribution < 1.29 is 19.4 Å². The molecule has 1 rings (SSSR count). The third kappa shape index (κ3) is 1.72. The van der Waals surface area contributed by atoms with Crippen molar-refractivity contribution in [3.63, 3.8) is 0 Å². The van der Waals surface area contributed by atoms with Gasteiger partial charge in [0.15, 0.2) is 11.6 Å². The first-order valence-electron chi connectivity index (χ1n) is 3.27. The first-order valence-corrected chi connectivity index (χ1v) is 3.27. The molecule has 0 atom stereocenters. The van der Waals surface area contributed by atoms with Crippen LogP contribution in [-0.4, -0.2) is 11.1 Å². The minimum absolute atomic E-state index is 0.0741. The zero-order valence-corrected chi connectivity index (χ0v) is 6.08. The average molecular weight is 169 g/mol. The van der Waals surface area contributed by atoms with E-state index in [0.29, 0.717) is 0 Å². The van der Waals surface area contributed by atoms with E-state index in [1.54, 1.807) is 0 Å². The second kappa shape index (κ2) is 3.21. The average Bonchev–Trinajstić information content (AvgIpc) is 1.98. The predicted octanol–water partition coefficient (Wildman–Crippen LogP) is -0.176. The molecular weight excluding hydrogens is 163 g/mol. The fourth-order valence-corrected chi connectivity index (χ4v) is 0.858. The van der Waals surface area contributed by atoms with Gasteiger partial charge in [-0.3, -0.25) is 0 Å². The van der Waals surface area contributed by atoms with Crippen LogP contribution in [0.4, 0.5) is 4.39 Å².